The van der Waals surface area contributed by atoms with Crippen molar-refractivity contribution in [1.29, 1.82) is 0 Å². The minimum absolute atomic E-state index is 0.180. The first-order valence-corrected chi connectivity index (χ1v) is 9.85. The van der Waals surface area contributed by atoms with Gasteiger partial charge in [0.1, 0.15) is 11.3 Å². The number of nitrogens with one attached hydrogen (secondary N) is 1. The number of hydrogen-bond donors (Lipinski definition) is 1. The van der Waals surface area contributed by atoms with Crippen molar-refractivity contribution < 1.29 is 13.9 Å². The van der Waals surface area contributed by atoms with Gasteiger partial charge in [-0.25, -0.2) is 9.78 Å². The molecule has 0 radical (unpaired) electrons. The highest BCUT2D eigenvalue weighted by molar-refractivity contribution is 7.14. The maximum atomic E-state index is 12.2. The fraction of sp³-hybridized carbons (Fsp3) is 0.136. The second-order valence-corrected chi connectivity index (χ2v) is 7.51. The monoisotopic (exact) mass is 406 g/mol. The standard InChI is InChI=1S/C22H18N2O4S/c1-13-3-7-17(14(2)9-13)18-12-29-22(23-18)24-20(25)11-27-16-6-4-15-5-8-21(26)28-19(15)10-16/h3-10,12H,11H2,1-2H3,(H,23,24,25). The van der Waals surface area contributed by atoms with E-state index in [1.165, 1.54) is 23.0 Å². The molecule has 146 valence electrons. The van der Waals surface area contributed by atoms with Crippen LogP contribution in [0.1, 0.15) is 11.1 Å². The quantitative estimate of drug-likeness (QED) is 0.492. The third kappa shape index (κ3) is 4.35. The van der Waals surface area contributed by atoms with Crippen LogP contribution in [0.2, 0.25) is 0 Å². The van der Waals surface area contributed by atoms with Gasteiger partial charge in [0.15, 0.2) is 11.7 Å². The maximum Gasteiger partial charge on any atom is 0.336 e. The number of ether oxygens (including phenoxy) is 1. The zero-order valence-electron chi connectivity index (χ0n) is 15.9. The van der Waals surface area contributed by atoms with Crippen LogP contribution in [-0.2, 0) is 4.79 Å². The van der Waals surface area contributed by atoms with Crippen LogP contribution in [-0.4, -0.2) is 17.5 Å². The summed E-state index contributed by atoms with van der Waals surface area (Å²) in [7, 11) is 0. The second kappa shape index (κ2) is 7.89. The molecule has 0 spiro atoms. The molecule has 0 fully saturated rings. The number of anilines is 1. The van der Waals surface area contributed by atoms with E-state index in [1.807, 2.05) is 31.4 Å². The van der Waals surface area contributed by atoms with Crippen molar-refractivity contribution in [3.63, 3.8) is 0 Å². The Morgan fingerprint density at radius 3 is 2.79 bits per heavy atom. The molecule has 0 aliphatic carbocycles. The van der Waals surface area contributed by atoms with Gasteiger partial charge in [0, 0.05) is 28.5 Å². The Bertz CT molecular complexity index is 1260. The van der Waals surface area contributed by atoms with Crippen LogP contribution in [0.15, 0.2) is 63.1 Å². The molecule has 0 aliphatic rings. The Labute approximate surface area is 170 Å². The summed E-state index contributed by atoms with van der Waals surface area (Å²) >= 11 is 1.36. The average Bonchev–Trinajstić information content (AvgIpc) is 3.14. The van der Waals surface area contributed by atoms with E-state index < -0.39 is 5.63 Å². The molecule has 7 heteroatoms. The highest BCUT2D eigenvalue weighted by atomic mass is 32.1. The van der Waals surface area contributed by atoms with E-state index in [1.54, 1.807) is 24.3 Å². The van der Waals surface area contributed by atoms with E-state index in [9.17, 15) is 9.59 Å². The molecule has 2 aromatic heterocycles. The first-order valence-electron chi connectivity index (χ1n) is 8.98. The highest BCUT2D eigenvalue weighted by Crippen LogP contribution is 2.28. The number of nitrogens with zero attached hydrogens (tertiary/aromatic N) is 1. The van der Waals surface area contributed by atoms with Gasteiger partial charge in [0.05, 0.1) is 5.69 Å². The molecule has 29 heavy (non-hydrogen) atoms. The molecule has 4 aromatic rings. The summed E-state index contributed by atoms with van der Waals surface area (Å²) < 4.78 is 10.6. The van der Waals surface area contributed by atoms with Crippen LogP contribution in [0, 0.1) is 13.8 Å². The number of benzene rings is 2. The number of aromatic nitrogens is 1. The second-order valence-electron chi connectivity index (χ2n) is 6.65. The van der Waals surface area contributed by atoms with E-state index in [0.717, 1.165) is 22.2 Å². The van der Waals surface area contributed by atoms with Crippen molar-refractivity contribution in [3.05, 3.63) is 75.5 Å². The summed E-state index contributed by atoms with van der Waals surface area (Å²) in [5, 5.41) is 5.96. The first kappa shape index (κ1) is 18.9. The molecule has 0 saturated carbocycles. The van der Waals surface area contributed by atoms with E-state index >= 15 is 0 Å². The largest absolute Gasteiger partial charge is 0.484 e. The Morgan fingerprint density at radius 1 is 1.14 bits per heavy atom. The number of carbonyl (C=O) groups excluding carboxylic acids is 1. The Hall–Kier alpha value is -3.45. The third-order valence-electron chi connectivity index (χ3n) is 4.37. The maximum absolute atomic E-state index is 12.2. The summed E-state index contributed by atoms with van der Waals surface area (Å²) in [4.78, 5) is 28.0. The Morgan fingerprint density at radius 2 is 1.97 bits per heavy atom. The van der Waals surface area contributed by atoms with Gasteiger partial charge in [-0.2, -0.15) is 0 Å². The van der Waals surface area contributed by atoms with Crippen LogP contribution >= 0.6 is 11.3 Å². The third-order valence-corrected chi connectivity index (χ3v) is 5.13. The van der Waals surface area contributed by atoms with E-state index in [-0.39, 0.29) is 12.5 Å². The van der Waals surface area contributed by atoms with Crippen molar-refractivity contribution in [2.75, 3.05) is 11.9 Å². The van der Waals surface area contributed by atoms with Crippen LogP contribution in [0.25, 0.3) is 22.2 Å². The van der Waals surface area contributed by atoms with Gasteiger partial charge in [0.2, 0.25) is 0 Å². The lowest BCUT2D eigenvalue weighted by atomic mass is 10.0. The van der Waals surface area contributed by atoms with Crippen LogP contribution in [0.5, 0.6) is 5.75 Å². The van der Waals surface area contributed by atoms with Crippen LogP contribution in [0.4, 0.5) is 5.13 Å². The number of carbonyl (C=O) groups is 1. The SMILES string of the molecule is Cc1ccc(-c2csc(NC(=O)COc3ccc4ccc(=O)oc4c3)n2)c(C)c1. The van der Waals surface area contributed by atoms with E-state index in [0.29, 0.717) is 16.5 Å². The van der Waals surface area contributed by atoms with Gasteiger partial charge < -0.3 is 9.15 Å². The Kier molecular flexibility index (Phi) is 5.14. The zero-order valence-corrected chi connectivity index (χ0v) is 16.7. The van der Waals surface area contributed by atoms with E-state index in [2.05, 4.69) is 16.4 Å². The minimum atomic E-state index is -0.434. The van der Waals surface area contributed by atoms with E-state index in [4.69, 9.17) is 9.15 Å². The number of hydrogen-bond acceptors (Lipinski definition) is 6. The van der Waals surface area contributed by atoms with Crippen LogP contribution in [0.3, 0.4) is 0 Å². The van der Waals surface area contributed by atoms with Gasteiger partial charge >= 0.3 is 5.63 Å². The molecule has 4 rings (SSSR count). The fourth-order valence-corrected chi connectivity index (χ4v) is 3.72. The molecule has 0 unspecified atom stereocenters. The molecule has 0 atom stereocenters. The predicted molar refractivity (Wildman–Crippen MR) is 114 cm³/mol. The topological polar surface area (TPSA) is 81.4 Å². The van der Waals surface area contributed by atoms with Crippen molar-refractivity contribution >= 4 is 33.3 Å². The number of aryl methyl sites for hydroxylation is 2. The first-order chi connectivity index (χ1) is 14.0. The normalized spacial score (nSPS) is 10.8. The summed E-state index contributed by atoms with van der Waals surface area (Å²) in [5.41, 5.74) is 4.18. The lowest BCUT2D eigenvalue weighted by Gasteiger charge is -2.06. The molecule has 2 aromatic carbocycles. The fourth-order valence-electron chi connectivity index (χ4n) is 2.99. The highest BCUT2D eigenvalue weighted by Gasteiger charge is 2.11. The molecule has 0 saturated heterocycles. The molecule has 0 bridgehead atoms. The molecule has 0 aliphatic heterocycles. The predicted octanol–water partition coefficient (Wildman–Crippen LogP) is 4.55. The lowest BCUT2D eigenvalue weighted by Crippen LogP contribution is -2.20. The molecule has 1 amide bonds. The number of rotatable bonds is 5. The van der Waals surface area contributed by atoms with Crippen LogP contribution < -0.4 is 15.7 Å². The molecule has 6 nitrogen and oxygen atoms in total. The smallest absolute Gasteiger partial charge is 0.336 e. The zero-order chi connectivity index (χ0) is 20.4. The number of amides is 1. The lowest BCUT2D eigenvalue weighted by molar-refractivity contribution is -0.118. The van der Waals surface area contributed by atoms with Gasteiger partial charge in [-0.15, -0.1) is 11.3 Å². The molecular formula is C22H18N2O4S. The van der Waals surface area contributed by atoms with Crippen molar-refractivity contribution in [3.8, 4) is 17.0 Å². The Balaban J connectivity index is 1.40. The summed E-state index contributed by atoms with van der Waals surface area (Å²) in [6.45, 7) is 3.91. The summed E-state index contributed by atoms with van der Waals surface area (Å²) in [6.07, 6.45) is 0. The van der Waals surface area contributed by atoms with Gasteiger partial charge in [-0.1, -0.05) is 23.8 Å². The van der Waals surface area contributed by atoms with Crippen molar-refractivity contribution in [2.45, 2.75) is 13.8 Å². The average molecular weight is 406 g/mol. The minimum Gasteiger partial charge on any atom is -0.484 e. The summed E-state index contributed by atoms with van der Waals surface area (Å²) in [5.74, 6) is 0.123. The molecular weight excluding hydrogens is 388 g/mol. The van der Waals surface area contributed by atoms with Crippen molar-refractivity contribution in [1.82, 2.24) is 4.98 Å². The van der Waals surface area contributed by atoms with Gasteiger partial charge in [0.25, 0.3) is 5.91 Å². The number of thiazole rings is 1. The summed E-state index contributed by atoms with van der Waals surface area (Å²) in [6, 6.07) is 14.3. The van der Waals surface area contributed by atoms with Crippen molar-refractivity contribution in [2.24, 2.45) is 0 Å². The van der Waals surface area contributed by atoms with Gasteiger partial charge in [-0.3, -0.25) is 10.1 Å². The van der Waals surface area contributed by atoms with Gasteiger partial charge in [-0.05, 0) is 37.6 Å². The number of fused-ring (bicyclic) bond motifs is 1. The molecule has 2 heterocycles. The molecule has 1 N–H and O–H groups in total.